The van der Waals surface area contributed by atoms with Crippen molar-refractivity contribution >= 4 is 0 Å². The van der Waals surface area contributed by atoms with Gasteiger partial charge in [0.2, 0.25) is 0 Å². The van der Waals surface area contributed by atoms with E-state index in [-0.39, 0.29) is 5.41 Å². The van der Waals surface area contributed by atoms with Crippen molar-refractivity contribution in [1.82, 2.24) is 0 Å². The van der Waals surface area contributed by atoms with Crippen molar-refractivity contribution in [2.45, 2.75) is 72.1 Å². The molecule has 2 aliphatic carbocycles. The number of fused-ring (bicyclic) bond motifs is 1. The molecule has 2 heteroatoms. The first-order valence-corrected chi connectivity index (χ1v) is 9.27. The zero-order valence-electron chi connectivity index (χ0n) is 14.9. The minimum atomic E-state index is 0.0999. The lowest BCUT2D eigenvalue weighted by atomic mass is 9.46. The highest BCUT2D eigenvalue weighted by Gasteiger charge is 2.53. The Morgan fingerprint density at radius 3 is 2.59 bits per heavy atom. The molecule has 2 rings (SSSR count). The fourth-order valence-corrected chi connectivity index (χ4v) is 5.62. The molecule has 2 N–H and O–H groups in total. The van der Waals surface area contributed by atoms with Crippen molar-refractivity contribution in [3.05, 3.63) is 12.2 Å². The van der Waals surface area contributed by atoms with Gasteiger partial charge in [-0.25, -0.2) is 0 Å². The Labute approximate surface area is 137 Å². The normalized spacial score (nSPS) is 40.3. The van der Waals surface area contributed by atoms with Gasteiger partial charge in [0.05, 0.1) is 0 Å². The molecule has 0 radical (unpaired) electrons. The topological polar surface area (TPSA) is 40.5 Å². The number of hydrogen-bond acceptors (Lipinski definition) is 2. The Morgan fingerprint density at radius 1 is 1.23 bits per heavy atom. The minimum Gasteiger partial charge on any atom is -0.396 e. The van der Waals surface area contributed by atoms with Crippen LogP contribution in [0.5, 0.6) is 0 Å². The molecule has 2 nitrogen and oxygen atoms in total. The highest BCUT2D eigenvalue weighted by atomic mass is 16.3. The summed E-state index contributed by atoms with van der Waals surface area (Å²) in [5.74, 6) is 1.82. The first kappa shape index (κ1) is 18.0. The predicted molar refractivity (Wildman–Crippen MR) is 92.6 cm³/mol. The third-order valence-electron chi connectivity index (χ3n) is 7.07. The van der Waals surface area contributed by atoms with Gasteiger partial charge < -0.3 is 10.2 Å². The average molecular weight is 309 g/mol. The summed E-state index contributed by atoms with van der Waals surface area (Å²) >= 11 is 0. The van der Waals surface area contributed by atoms with Crippen LogP contribution in [0.15, 0.2) is 12.2 Å². The van der Waals surface area contributed by atoms with Gasteiger partial charge in [-0.2, -0.15) is 0 Å². The summed E-state index contributed by atoms with van der Waals surface area (Å²) in [6, 6.07) is 0. The van der Waals surface area contributed by atoms with E-state index in [1.54, 1.807) is 0 Å². The smallest absolute Gasteiger partial charge is 0.0487 e. The van der Waals surface area contributed by atoms with Crippen LogP contribution >= 0.6 is 0 Å². The van der Waals surface area contributed by atoms with Gasteiger partial charge in [-0.05, 0) is 67.1 Å². The molecular formula is C20H36O2. The largest absolute Gasteiger partial charge is 0.396 e. The van der Waals surface area contributed by atoms with Crippen molar-refractivity contribution in [1.29, 1.82) is 0 Å². The summed E-state index contributed by atoms with van der Waals surface area (Å²) in [5, 5.41) is 19.1. The highest BCUT2D eigenvalue weighted by molar-refractivity contribution is 5.16. The maximum Gasteiger partial charge on any atom is 0.0487 e. The van der Waals surface area contributed by atoms with Crippen molar-refractivity contribution in [2.24, 2.45) is 28.6 Å². The van der Waals surface area contributed by atoms with Gasteiger partial charge >= 0.3 is 0 Å². The van der Waals surface area contributed by atoms with E-state index < -0.39 is 0 Å². The van der Waals surface area contributed by atoms with Gasteiger partial charge in [-0.1, -0.05) is 45.8 Å². The molecule has 0 amide bonds. The molecule has 22 heavy (non-hydrogen) atoms. The molecule has 5 atom stereocenters. The lowest BCUT2D eigenvalue weighted by Gasteiger charge is -2.58. The maximum absolute atomic E-state index is 9.99. The number of rotatable bonds is 6. The van der Waals surface area contributed by atoms with Crippen LogP contribution in [0.25, 0.3) is 0 Å². The first-order chi connectivity index (χ1) is 10.4. The van der Waals surface area contributed by atoms with E-state index in [9.17, 15) is 5.11 Å². The summed E-state index contributed by atoms with van der Waals surface area (Å²) in [6.45, 7) is 12.1. The van der Waals surface area contributed by atoms with Crippen LogP contribution in [0.2, 0.25) is 0 Å². The predicted octanol–water partition coefficient (Wildman–Crippen LogP) is 4.56. The Morgan fingerprint density at radius 2 is 1.95 bits per heavy atom. The van der Waals surface area contributed by atoms with Gasteiger partial charge in [-0.15, -0.1) is 0 Å². The van der Waals surface area contributed by atoms with Crippen molar-refractivity contribution < 1.29 is 10.2 Å². The summed E-state index contributed by atoms with van der Waals surface area (Å²) in [7, 11) is 0. The number of allylic oxidation sites excluding steroid dienone is 1. The van der Waals surface area contributed by atoms with Crippen LogP contribution in [0.3, 0.4) is 0 Å². The van der Waals surface area contributed by atoms with Crippen LogP contribution in [0, 0.1) is 28.6 Å². The molecule has 0 aromatic carbocycles. The molecule has 2 aliphatic rings. The number of hydrogen-bond donors (Lipinski definition) is 2. The van der Waals surface area contributed by atoms with Crippen LogP contribution in [-0.2, 0) is 0 Å². The van der Waals surface area contributed by atoms with E-state index in [1.165, 1.54) is 44.1 Å². The monoisotopic (exact) mass is 308 g/mol. The maximum atomic E-state index is 9.99. The molecule has 2 fully saturated rings. The van der Waals surface area contributed by atoms with Crippen molar-refractivity contribution in [3.8, 4) is 0 Å². The molecule has 0 aromatic rings. The van der Waals surface area contributed by atoms with Gasteiger partial charge in [0, 0.05) is 13.2 Å². The molecule has 128 valence electrons. The Balaban J connectivity index is 2.15. The molecule has 0 unspecified atom stereocenters. The molecule has 0 heterocycles. The number of aliphatic hydroxyl groups excluding tert-OH is 2. The van der Waals surface area contributed by atoms with Crippen LogP contribution < -0.4 is 0 Å². The molecule has 0 bridgehead atoms. The summed E-state index contributed by atoms with van der Waals surface area (Å²) in [4.78, 5) is 0. The Hall–Kier alpha value is -0.340. The van der Waals surface area contributed by atoms with E-state index in [1.807, 2.05) is 0 Å². The van der Waals surface area contributed by atoms with Crippen LogP contribution in [0.1, 0.15) is 72.1 Å². The molecule has 2 saturated carbocycles. The van der Waals surface area contributed by atoms with Crippen LogP contribution in [0.4, 0.5) is 0 Å². The summed E-state index contributed by atoms with van der Waals surface area (Å²) in [6.07, 6.45) is 9.32. The first-order valence-electron chi connectivity index (χ1n) is 9.27. The highest BCUT2D eigenvalue weighted by Crippen LogP contribution is 2.61. The van der Waals surface area contributed by atoms with Crippen LogP contribution in [-0.4, -0.2) is 23.4 Å². The zero-order valence-corrected chi connectivity index (χ0v) is 14.9. The Bertz CT molecular complexity index is 391. The third kappa shape index (κ3) is 3.28. The van der Waals surface area contributed by atoms with Crippen molar-refractivity contribution in [3.63, 3.8) is 0 Å². The second kappa shape index (κ2) is 7.05. The molecule has 0 aromatic heterocycles. The van der Waals surface area contributed by atoms with Gasteiger partial charge in [0.15, 0.2) is 0 Å². The fourth-order valence-electron chi connectivity index (χ4n) is 5.62. The fraction of sp³-hybridized carbons (Fsp3) is 0.900. The van der Waals surface area contributed by atoms with Gasteiger partial charge in [0.1, 0.15) is 0 Å². The Kier molecular flexibility index (Phi) is 5.77. The summed E-state index contributed by atoms with van der Waals surface area (Å²) in [5.41, 5.74) is 1.85. The lowest BCUT2D eigenvalue weighted by molar-refractivity contribution is -0.0868. The van der Waals surface area contributed by atoms with E-state index >= 15 is 0 Å². The standard InChI is InChI=1S/C20H36O2/c1-15(10-13-21)6-8-17-16(2)7-9-18-19(3,14-22)11-5-12-20(17,18)4/h15,17-18,21-22H,2,5-14H2,1,3-4H3/t15-,17-,18+,19-,20-/m0/s1. The second-order valence-corrected chi connectivity index (χ2v) is 8.67. The minimum absolute atomic E-state index is 0.0999. The molecular weight excluding hydrogens is 272 g/mol. The molecule has 0 saturated heterocycles. The average Bonchev–Trinajstić information content (AvgIpc) is 2.46. The SMILES string of the molecule is C=C1CC[C@@H]2[C@](C)(CO)CCC[C@@]2(C)[C@H]1CC[C@H](C)CCO. The summed E-state index contributed by atoms with van der Waals surface area (Å²) < 4.78 is 0. The van der Waals surface area contributed by atoms with Gasteiger partial charge in [0.25, 0.3) is 0 Å². The van der Waals surface area contributed by atoms with E-state index in [0.29, 0.717) is 36.4 Å². The van der Waals surface area contributed by atoms with Crippen molar-refractivity contribution in [2.75, 3.05) is 13.2 Å². The van der Waals surface area contributed by atoms with Gasteiger partial charge in [-0.3, -0.25) is 0 Å². The van der Waals surface area contributed by atoms with E-state index in [0.717, 1.165) is 12.8 Å². The molecule has 0 spiro atoms. The second-order valence-electron chi connectivity index (χ2n) is 8.67. The quantitative estimate of drug-likeness (QED) is 0.706. The zero-order chi connectivity index (χ0) is 16.4. The van der Waals surface area contributed by atoms with E-state index in [4.69, 9.17) is 5.11 Å². The molecule has 0 aliphatic heterocycles. The number of aliphatic hydroxyl groups is 2. The van der Waals surface area contributed by atoms with E-state index in [2.05, 4.69) is 27.4 Å². The lowest BCUT2D eigenvalue weighted by Crippen LogP contribution is -2.51. The third-order valence-corrected chi connectivity index (χ3v) is 7.07.